The Labute approximate surface area is 131 Å². The molecule has 21 heavy (non-hydrogen) atoms. The Morgan fingerprint density at radius 2 is 1.62 bits per heavy atom. The smallest absolute Gasteiger partial charge is 0.0689 e. The molecule has 0 amide bonds. The van der Waals surface area contributed by atoms with Crippen LogP contribution in [0.5, 0.6) is 0 Å². The van der Waals surface area contributed by atoms with E-state index in [1.54, 1.807) is 0 Å². The molecule has 3 fully saturated rings. The summed E-state index contributed by atoms with van der Waals surface area (Å²) in [7, 11) is 0. The lowest BCUT2D eigenvalue weighted by atomic mass is 9.42. The predicted molar refractivity (Wildman–Crippen MR) is 89.1 cm³/mol. The summed E-state index contributed by atoms with van der Waals surface area (Å²) in [6.07, 6.45) is 11.6. The molecule has 3 rings (SSSR count). The summed E-state index contributed by atoms with van der Waals surface area (Å²) in [4.78, 5) is 0. The Morgan fingerprint density at radius 3 is 2.29 bits per heavy atom. The molecule has 0 aromatic rings. The molecule has 1 nitrogen and oxygen atoms in total. The molecular weight excluding hydrogens is 256 g/mol. The van der Waals surface area contributed by atoms with Crippen molar-refractivity contribution in [3.05, 3.63) is 12.7 Å². The number of allylic oxidation sites excluding steroid dienone is 1. The van der Waals surface area contributed by atoms with E-state index in [0.29, 0.717) is 16.7 Å². The van der Waals surface area contributed by atoms with Crippen LogP contribution < -0.4 is 0 Å². The average Bonchev–Trinajstić information content (AvgIpc) is 2.36. The third kappa shape index (κ3) is 2.22. The molecule has 0 aliphatic heterocycles. The van der Waals surface area contributed by atoms with E-state index in [4.69, 9.17) is 0 Å². The Kier molecular flexibility index (Phi) is 3.41. The highest BCUT2D eigenvalue weighted by Crippen LogP contribution is 2.66. The van der Waals surface area contributed by atoms with E-state index in [1.165, 1.54) is 38.5 Å². The van der Waals surface area contributed by atoms with E-state index in [0.717, 1.165) is 18.8 Å². The molecule has 3 aliphatic carbocycles. The van der Waals surface area contributed by atoms with Crippen molar-refractivity contribution >= 4 is 0 Å². The maximum atomic E-state index is 11.5. The van der Waals surface area contributed by atoms with Crippen molar-refractivity contribution in [2.45, 2.75) is 84.7 Å². The lowest BCUT2D eigenvalue weighted by molar-refractivity contribution is -0.202. The van der Waals surface area contributed by atoms with Gasteiger partial charge in [0.1, 0.15) is 0 Å². The van der Waals surface area contributed by atoms with Crippen LogP contribution in [0.25, 0.3) is 0 Å². The van der Waals surface area contributed by atoms with Crippen molar-refractivity contribution in [1.29, 1.82) is 0 Å². The van der Waals surface area contributed by atoms with Crippen LogP contribution in [0.3, 0.4) is 0 Å². The van der Waals surface area contributed by atoms with Gasteiger partial charge in [-0.1, -0.05) is 40.2 Å². The first-order valence-electron chi connectivity index (χ1n) is 9.01. The van der Waals surface area contributed by atoms with E-state index in [-0.39, 0.29) is 5.41 Å². The van der Waals surface area contributed by atoms with Gasteiger partial charge < -0.3 is 5.11 Å². The lowest BCUT2D eigenvalue weighted by Gasteiger charge is -2.64. The topological polar surface area (TPSA) is 20.2 Å². The molecule has 3 saturated carbocycles. The first-order valence-corrected chi connectivity index (χ1v) is 9.01. The fraction of sp³-hybridized carbons (Fsp3) is 0.900. The highest BCUT2D eigenvalue weighted by molar-refractivity contribution is 5.13. The van der Waals surface area contributed by atoms with Crippen LogP contribution in [0.15, 0.2) is 12.7 Å². The second-order valence-corrected chi connectivity index (χ2v) is 9.67. The van der Waals surface area contributed by atoms with Gasteiger partial charge in [-0.25, -0.2) is 0 Å². The largest absolute Gasteiger partial charge is 0.390 e. The molecule has 0 spiro atoms. The van der Waals surface area contributed by atoms with Gasteiger partial charge in [-0.05, 0) is 73.0 Å². The maximum absolute atomic E-state index is 11.5. The van der Waals surface area contributed by atoms with Gasteiger partial charge in [0.15, 0.2) is 0 Å². The number of hydrogen-bond donors (Lipinski definition) is 1. The summed E-state index contributed by atoms with van der Waals surface area (Å²) in [5, 5.41) is 11.5. The molecule has 1 N–H and O–H groups in total. The number of hydrogen-bond acceptors (Lipinski definition) is 1. The minimum atomic E-state index is -0.445. The molecule has 5 atom stereocenters. The minimum Gasteiger partial charge on any atom is -0.390 e. The monoisotopic (exact) mass is 290 g/mol. The fourth-order valence-electron chi connectivity index (χ4n) is 6.73. The maximum Gasteiger partial charge on any atom is 0.0689 e. The normalized spacial score (nSPS) is 52.6. The fourth-order valence-corrected chi connectivity index (χ4v) is 6.73. The van der Waals surface area contributed by atoms with Crippen molar-refractivity contribution in [2.75, 3.05) is 0 Å². The van der Waals surface area contributed by atoms with E-state index in [1.807, 2.05) is 0 Å². The van der Waals surface area contributed by atoms with Crippen LogP contribution in [0.4, 0.5) is 0 Å². The summed E-state index contributed by atoms with van der Waals surface area (Å²) >= 11 is 0. The van der Waals surface area contributed by atoms with Crippen molar-refractivity contribution in [2.24, 2.45) is 28.1 Å². The summed E-state index contributed by atoms with van der Waals surface area (Å²) < 4.78 is 0. The van der Waals surface area contributed by atoms with Crippen LogP contribution in [0.2, 0.25) is 0 Å². The quantitative estimate of drug-likeness (QED) is 0.647. The minimum absolute atomic E-state index is 0.138. The van der Waals surface area contributed by atoms with Crippen LogP contribution in [0, 0.1) is 28.1 Å². The van der Waals surface area contributed by atoms with Crippen LogP contribution in [-0.2, 0) is 0 Å². The first kappa shape index (κ1) is 15.6. The second kappa shape index (κ2) is 4.60. The summed E-state index contributed by atoms with van der Waals surface area (Å²) in [6, 6.07) is 0. The summed E-state index contributed by atoms with van der Waals surface area (Å²) in [5.74, 6) is 1.29. The molecule has 0 aromatic carbocycles. The molecule has 0 aromatic heterocycles. The van der Waals surface area contributed by atoms with Gasteiger partial charge in [0.25, 0.3) is 0 Å². The molecule has 120 valence electrons. The predicted octanol–water partition coefficient (Wildman–Crippen LogP) is 5.34. The van der Waals surface area contributed by atoms with Gasteiger partial charge in [0, 0.05) is 0 Å². The number of rotatable bonds is 1. The Morgan fingerprint density at radius 1 is 0.952 bits per heavy atom. The van der Waals surface area contributed by atoms with Crippen LogP contribution >= 0.6 is 0 Å². The van der Waals surface area contributed by atoms with Crippen molar-refractivity contribution < 1.29 is 5.11 Å². The Hall–Kier alpha value is -0.300. The van der Waals surface area contributed by atoms with Crippen molar-refractivity contribution in [3.8, 4) is 0 Å². The van der Waals surface area contributed by atoms with E-state index in [9.17, 15) is 5.11 Å². The van der Waals surface area contributed by atoms with Gasteiger partial charge in [0.05, 0.1) is 5.60 Å². The van der Waals surface area contributed by atoms with Gasteiger partial charge in [-0.3, -0.25) is 0 Å². The lowest BCUT2D eigenvalue weighted by Crippen LogP contribution is -2.61. The molecule has 0 saturated heterocycles. The summed E-state index contributed by atoms with van der Waals surface area (Å²) in [5.41, 5.74) is 0.489. The standard InChI is InChI=1S/C20H34O/c1-6-18(4)12-8-16-19(5)11-7-10-17(2,3)15(19)9-13-20(16,21)14-18/h6,15-16,21H,1,7-14H2,2-5H3/t15-,16-,18-,19+,20+/m0/s1. The Balaban J connectivity index is 1.94. The Bertz CT molecular complexity index is 439. The third-order valence-electron chi connectivity index (χ3n) is 7.79. The highest BCUT2D eigenvalue weighted by atomic mass is 16.3. The first-order chi connectivity index (χ1) is 9.65. The molecule has 3 aliphatic rings. The SMILES string of the molecule is C=C[C@@]1(C)CC[C@@H]2[C@@](O)(CC[C@H]3C(C)(C)CCC[C@@]23C)C1. The van der Waals surface area contributed by atoms with Crippen molar-refractivity contribution in [1.82, 2.24) is 0 Å². The van der Waals surface area contributed by atoms with Gasteiger partial charge in [0.2, 0.25) is 0 Å². The molecule has 0 unspecified atom stereocenters. The number of aliphatic hydroxyl groups is 1. The van der Waals surface area contributed by atoms with Crippen LogP contribution in [0.1, 0.15) is 79.1 Å². The zero-order chi connectivity index (χ0) is 15.5. The highest BCUT2D eigenvalue weighted by Gasteiger charge is 2.61. The number of fused-ring (bicyclic) bond motifs is 3. The van der Waals surface area contributed by atoms with E-state index in [2.05, 4.69) is 40.3 Å². The van der Waals surface area contributed by atoms with Gasteiger partial charge >= 0.3 is 0 Å². The zero-order valence-electron chi connectivity index (χ0n) is 14.5. The van der Waals surface area contributed by atoms with Gasteiger partial charge in [-0.2, -0.15) is 0 Å². The third-order valence-corrected chi connectivity index (χ3v) is 7.79. The molecule has 1 heteroatoms. The summed E-state index contributed by atoms with van der Waals surface area (Å²) in [6.45, 7) is 13.8. The van der Waals surface area contributed by atoms with E-state index >= 15 is 0 Å². The molecule has 0 heterocycles. The van der Waals surface area contributed by atoms with Gasteiger partial charge in [-0.15, -0.1) is 6.58 Å². The second-order valence-electron chi connectivity index (χ2n) is 9.67. The molecule has 0 bridgehead atoms. The van der Waals surface area contributed by atoms with Crippen molar-refractivity contribution in [3.63, 3.8) is 0 Å². The zero-order valence-corrected chi connectivity index (χ0v) is 14.5. The molecule has 0 radical (unpaired) electrons. The average molecular weight is 290 g/mol. The van der Waals surface area contributed by atoms with E-state index < -0.39 is 5.60 Å². The molecular formula is C20H34O. The van der Waals surface area contributed by atoms with Crippen LogP contribution in [-0.4, -0.2) is 10.7 Å².